The number of hydrogen-bond donors (Lipinski definition) is 1. The summed E-state index contributed by atoms with van der Waals surface area (Å²) in [7, 11) is 1.87. The Morgan fingerprint density at radius 3 is 2.40 bits per heavy atom. The van der Waals surface area contributed by atoms with Crippen LogP contribution in [0.15, 0.2) is 54.6 Å². The van der Waals surface area contributed by atoms with Gasteiger partial charge >= 0.3 is 0 Å². The van der Waals surface area contributed by atoms with Crippen molar-refractivity contribution in [3.05, 3.63) is 60.2 Å². The highest BCUT2D eigenvalue weighted by atomic mass is 16.5. The van der Waals surface area contributed by atoms with Gasteiger partial charge < -0.3 is 15.4 Å². The molecule has 2 aromatic rings. The molecule has 0 saturated carbocycles. The van der Waals surface area contributed by atoms with Crippen LogP contribution in [0.25, 0.3) is 11.1 Å². The Labute approximate surface area is 149 Å². The monoisotopic (exact) mass is 338 g/mol. The number of carbonyl (C=O) groups excluding carboxylic acids is 1. The lowest BCUT2D eigenvalue weighted by Gasteiger charge is -2.37. The standard InChI is InChI=1S/C21H26N2O2/c1-23(20(24)21(16-22)11-13-25-14-12-21)15-18-9-5-6-10-19(18)17-7-3-2-4-8-17/h2-10H,11-16,22H2,1H3. The van der Waals surface area contributed by atoms with E-state index in [0.717, 1.165) is 11.1 Å². The average molecular weight is 338 g/mol. The lowest BCUT2D eigenvalue weighted by Crippen LogP contribution is -2.49. The molecule has 1 amide bonds. The summed E-state index contributed by atoms with van der Waals surface area (Å²) in [6.07, 6.45) is 1.40. The van der Waals surface area contributed by atoms with Gasteiger partial charge in [-0.3, -0.25) is 4.79 Å². The molecule has 1 aliphatic rings. The van der Waals surface area contributed by atoms with Crippen LogP contribution in [-0.4, -0.2) is 37.6 Å². The molecule has 0 atom stereocenters. The Bertz CT molecular complexity index is 709. The van der Waals surface area contributed by atoms with Crippen LogP contribution in [0.5, 0.6) is 0 Å². The van der Waals surface area contributed by atoms with E-state index in [9.17, 15) is 4.79 Å². The Hall–Kier alpha value is -2.17. The number of ether oxygens (including phenoxy) is 1. The first kappa shape index (κ1) is 17.6. The summed E-state index contributed by atoms with van der Waals surface area (Å²) in [5.41, 5.74) is 8.98. The smallest absolute Gasteiger partial charge is 0.230 e. The minimum absolute atomic E-state index is 0.126. The lowest BCUT2D eigenvalue weighted by atomic mass is 9.79. The van der Waals surface area contributed by atoms with E-state index in [1.807, 2.05) is 42.3 Å². The van der Waals surface area contributed by atoms with Crippen LogP contribution < -0.4 is 5.73 Å². The molecule has 2 N–H and O–H groups in total. The molecule has 132 valence electrons. The van der Waals surface area contributed by atoms with Crippen molar-refractivity contribution in [2.45, 2.75) is 19.4 Å². The Balaban J connectivity index is 1.81. The van der Waals surface area contributed by atoms with Crippen LogP contribution in [0, 0.1) is 5.41 Å². The molecule has 25 heavy (non-hydrogen) atoms. The quantitative estimate of drug-likeness (QED) is 0.911. The van der Waals surface area contributed by atoms with E-state index in [4.69, 9.17) is 10.5 Å². The summed E-state index contributed by atoms with van der Waals surface area (Å²) in [6.45, 7) is 2.17. The number of hydrogen-bond acceptors (Lipinski definition) is 3. The number of nitrogens with zero attached hydrogens (tertiary/aromatic N) is 1. The van der Waals surface area contributed by atoms with Crippen molar-refractivity contribution in [1.82, 2.24) is 4.90 Å². The van der Waals surface area contributed by atoms with Crippen LogP contribution in [0.2, 0.25) is 0 Å². The number of rotatable bonds is 5. The fraction of sp³-hybridized carbons (Fsp3) is 0.381. The average Bonchev–Trinajstić information content (AvgIpc) is 2.69. The molecular formula is C21H26N2O2. The van der Waals surface area contributed by atoms with Crippen LogP contribution in [0.4, 0.5) is 0 Å². The van der Waals surface area contributed by atoms with E-state index < -0.39 is 5.41 Å². The van der Waals surface area contributed by atoms with Crippen molar-refractivity contribution < 1.29 is 9.53 Å². The fourth-order valence-corrected chi connectivity index (χ4v) is 3.56. The topological polar surface area (TPSA) is 55.6 Å². The van der Waals surface area contributed by atoms with Crippen molar-refractivity contribution in [3.8, 4) is 11.1 Å². The van der Waals surface area contributed by atoms with E-state index in [1.165, 1.54) is 5.56 Å². The SMILES string of the molecule is CN(Cc1ccccc1-c1ccccc1)C(=O)C1(CN)CCOCC1. The minimum Gasteiger partial charge on any atom is -0.381 e. The molecule has 1 saturated heterocycles. The summed E-state index contributed by atoms with van der Waals surface area (Å²) < 4.78 is 5.43. The maximum Gasteiger partial charge on any atom is 0.230 e. The van der Waals surface area contributed by atoms with Gasteiger partial charge in [-0.2, -0.15) is 0 Å². The highest BCUT2D eigenvalue weighted by molar-refractivity contribution is 5.83. The number of carbonyl (C=O) groups is 1. The maximum atomic E-state index is 13.1. The normalized spacial score (nSPS) is 16.4. The van der Waals surface area contributed by atoms with Gasteiger partial charge in [0, 0.05) is 33.4 Å². The van der Waals surface area contributed by atoms with Gasteiger partial charge in [-0.1, -0.05) is 54.6 Å². The van der Waals surface area contributed by atoms with Crippen molar-refractivity contribution in [1.29, 1.82) is 0 Å². The van der Waals surface area contributed by atoms with Crippen LogP contribution in [-0.2, 0) is 16.1 Å². The van der Waals surface area contributed by atoms with Crippen molar-refractivity contribution in [3.63, 3.8) is 0 Å². The van der Waals surface area contributed by atoms with Gasteiger partial charge in [0.2, 0.25) is 5.91 Å². The first-order valence-electron chi connectivity index (χ1n) is 8.83. The van der Waals surface area contributed by atoms with Crippen LogP contribution in [0.3, 0.4) is 0 Å². The molecule has 4 heteroatoms. The van der Waals surface area contributed by atoms with Gasteiger partial charge in [0.25, 0.3) is 0 Å². The van der Waals surface area contributed by atoms with E-state index in [-0.39, 0.29) is 5.91 Å². The van der Waals surface area contributed by atoms with E-state index in [0.29, 0.717) is 39.1 Å². The van der Waals surface area contributed by atoms with E-state index >= 15 is 0 Å². The maximum absolute atomic E-state index is 13.1. The molecule has 3 rings (SSSR count). The molecule has 0 unspecified atom stereocenters. The van der Waals surface area contributed by atoms with E-state index in [1.54, 1.807) is 0 Å². The van der Waals surface area contributed by atoms with Crippen molar-refractivity contribution in [2.75, 3.05) is 26.8 Å². The van der Waals surface area contributed by atoms with Gasteiger partial charge in [0.05, 0.1) is 5.41 Å². The third-order valence-electron chi connectivity index (χ3n) is 5.15. The summed E-state index contributed by atoms with van der Waals surface area (Å²) in [6, 6.07) is 18.5. The second-order valence-electron chi connectivity index (χ2n) is 6.78. The Kier molecular flexibility index (Phi) is 5.51. The predicted octanol–water partition coefficient (Wildman–Crippen LogP) is 3.07. The first-order valence-corrected chi connectivity index (χ1v) is 8.83. The molecule has 1 fully saturated rings. The molecule has 1 aliphatic heterocycles. The third kappa shape index (κ3) is 3.75. The highest BCUT2D eigenvalue weighted by Gasteiger charge is 2.40. The summed E-state index contributed by atoms with van der Waals surface area (Å²) in [4.78, 5) is 14.9. The molecule has 0 bridgehead atoms. The largest absolute Gasteiger partial charge is 0.381 e. The Morgan fingerprint density at radius 2 is 1.72 bits per heavy atom. The summed E-state index contributed by atoms with van der Waals surface area (Å²) in [5, 5.41) is 0. The Morgan fingerprint density at radius 1 is 1.08 bits per heavy atom. The van der Waals surface area contributed by atoms with Crippen molar-refractivity contribution in [2.24, 2.45) is 11.1 Å². The second-order valence-corrected chi connectivity index (χ2v) is 6.78. The predicted molar refractivity (Wildman–Crippen MR) is 99.9 cm³/mol. The molecule has 0 aliphatic carbocycles. The van der Waals surface area contributed by atoms with Gasteiger partial charge in [0.1, 0.15) is 0 Å². The zero-order valence-corrected chi connectivity index (χ0v) is 14.8. The van der Waals surface area contributed by atoms with Crippen molar-refractivity contribution >= 4 is 5.91 Å². The van der Waals surface area contributed by atoms with Crippen LogP contribution >= 0.6 is 0 Å². The fourth-order valence-electron chi connectivity index (χ4n) is 3.56. The third-order valence-corrected chi connectivity index (χ3v) is 5.15. The van der Waals surface area contributed by atoms with Gasteiger partial charge in [-0.05, 0) is 29.5 Å². The molecular weight excluding hydrogens is 312 g/mol. The summed E-state index contributed by atoms with van der Waals surface area (Å²) >= 11 is 0. The highest BCUT2D eigenvalue weighted by Crippen LogP contribution is 2.32. The molecule has 0 spiro atoms. The molecule has 0 aromatic heterocycles. The molecule has 0 radical (unpaired) electrons. The van der Waals surface area contributed by atoms with E-state index in [2.05, 4.69) is 24.3 Å². The first-order chi connectivity index (χ1) is 12.2. The van der Waals surface area contributed by atoms with Gasteiger partial charge in [0.15, 0.2) is 0 Å². The zero-order valence-electron chi connectivity index (χ0n) is 14.8. The number of benzene rings is 2. The molecule has 1 heterocycles. The zero-order chi connectivity index (χ0) is 17.7. The van der Waals surface area contributed by atoms with Gasteiger partial charge in [-0.15, -0.1) is 0 Å². The minimum atomic E-state index is -0.477. The number of amides is 1. The molecule has 2 aromatic carbocycles. The van der Waals surface area contributed by atoms with Crippen LogP contribution in [0.1, 0.15) is 18.4 Å². The summed E-state index contributed by atoms with van der Waals surface area (Å²) in [5.74, 6) is 0.126. The molecule has 4 nitrogen and oxygen atoms in total. The second kappa shape index (κ2) is 7.81. The lowest BCUT2D eigenvalue weighted by molar-refractivity contribution is -0.146. The number of nitrogens with two attached hydrogens (primary N) is 1. The van der Waals surface area contributed by atoms with Gasteiger partial charge in [-0.25, -0.2) is 0 Å².